The first-order valence-electron chi connectivity index (χ1n) is 5.19. The van der Waals surface area contributed by atoms with Crippen LogP contribution in [0.1, 0.15) is 48.0 Å². The van der Waals surface area contributed by atoms with Crippen LogP contribution in [-0.2, 0) is 0 Å². The largest absolute Gasteiger partial charge is 0.0836 e. The average Bonchev–Trinajstić information content (AvgIpc) is 2.13. The molecule has 0 aliphatic heterocycles. The van der Waals surface area contributed by atoms with Crippen molar-refractivity contribution in [3.8, 4) is 0 Å². The molecule has 1 fully saturated rings. The highest BCUT2D eigenvalue weighted by Crippen LogP contribution is 2.55. The van der Waals surface area contributed by atoms with E-state index in [4.69, 9.17) is 0 Å². The predicted molar refractivity (Wildman–Crippen MR) is 59.7 cm³/mol. The van der Waals surface area contributed by atoms with Crippen molar-refractivity contribution >= 4 is 0 Å². The van der Waals surface area contributed by atoms with Gasteiger partial charge in [-0.3, -0.25) is 0 Å². The van der Waals surface area contributed by atoms with Gasteiger partial charge < -0.3 is 0 Å². The highest BCUT2D eigenvalue weighted by molar-refractivity contribution is 5.44. The summed E-state index contributed by atoms with van der Waals surface area (Å²) in [6.45, 7) is 13.7. The Bertz CT molecular complexity index is 234. The van der Waals surface area contributed by atoms with Crippen LogP contribution in [0.25, 0.3) is 0 Å². The summed E-state index contributed by atoms with van der Waals surface area (Å²) in [6, 6.07) is 0. The van der Waals surface area contributed by atoms with E-state index in [1.807, 2.05) is 0 Å². The Hall–Kier alpha value is -0.520. The Morgan fingerprint density at radius 3 is 1.38 bits per heavy atom. The Kier molecular flexibility index (Phi) is 2.44. The van der Waals surface area contributed by atoms with Crippen LogP contribution in [-0.4, -0.2) is 0 Å². The average molecular weight is 178 g/mol. The zero-order chi connectivity index (χ0) is 10.3. The van der Waals surface area contributed by atoms with Crippen LogP contribution in [0.2, 0.25) is 0 Å². The summed E-state index contributed by atoms with van der Waals surface area (Å²) in [5, 5.41) is 0. The summed E-state index contributed by atoms with van der Waals surface area (Å²) >= 11 is 0. The van der Waals surface area contributed by atoms with Crippen LogP contribution in [0.15, 0.2) is 23.3 Å². The normalized spacial score (nSPS) is 31.5. The van der Waals surface area contributed by atoms with Crippen LogP contribution in [0.3, 0.4) is 0 Å². The Morgan fingerprint density at radius 2 is 1.15 bits per heavy atom. The van der Waals surface area contributed by atoms with Crippen molar-refractivity contribution in [3.05, 3.63) is 23.3 Å². The van der Waals surface area contributed by atoms with Gasteiger partial charge in [-0.1, -0.05) is 39.8 Å². The van der Waals surface area contributed by atoms with E-state index in [0.29, 0.717) is 10.8 Å². The molecule has 0 amide bonds. The van der Waals surface area contributed by atoms with Crippen molar-refractivity contribution < 1.29 is 0 Å². The second-order valence-electron chi connectivity index (χ2n) is 5.35. The van der Waals surface area contributed by atoms with Crippen molar-refractivity contribution in [2.45, 2.75) is 48.0 Å². The van der Waals surface area contributed by atoms with Gasteiger partial charge in [0.2, 0.25) is 0 Å². The lowest BCUT2D eigenvalue weighted by atomic mass is 9.83. The Labute approximate surface area is 82.7 Å². The van der Waals surface area contributed by atoms with Crippen LogP contribution in [0.4, 0.5) is 0 Å². The van der Waals surface area contributed by atoms with Gasteiger partial charge in [-0.2, -0.15) is 0 Å². The third-order valence-electron chi connectivity index (χ3n) is 3.21. The molecule has 0 radical (unpaired) electrons. The number of allylic oxidation sites excluding steroid dienone is 4. The van der Waals surface area contributed by atoms with E-state index in [2.05, 4.69) is 53.7 Å². The van der Waals surface area contributed by atoms with Gasteiger partial charge in [0.25, 0.3) is 0 Å². The van der Waals surface area contributed by atoms with E-state index in [1.54, 1.807) is 11.1 Å². The molecule has 1 rings (SSSR count). The first kappa shape index (κ1) is 10.6. The monoisotopic (exact) mass is 178 g/mol. The first-order valence-corrected chi connectivity index (χ1v) is 5.19. The highest BCUT2D eigenvalue weighted by Gasteiger charge is 2.43. The third kappa shape index (κ3) is 1.59. The summed E-state index contributed by atoms with van der Waals surface area (Å²) in [5.74, 6) is 0. The molecule has 0 aromatic rings. The van der Waals surface area contributed by atoms with Gasteiger partial charge >= 0.3 is 0 Å². The topological polar surface area (TPSA) is 0 Å². The molecule has 1 aliphatic rings. The van der Waals surface area contributed by atoms with Crippen LogP contribution in [0, 0.1) is 10.8 Å². The van der Waals surface area contributed by atoms with Gasteiger partial charge in [-0.05, 0) is 42.2 Å². The van der Waals surface area contributed by atoms with Crippen LogP contribution < -0.4 is 0 Å². The number of hydrogen-bond donors (Lipinski definition) is 0. The van der Waals surface area contributed by atoms with E-state index in [9.17, 15) is 0 Å². The summed E-state index contributed by atoms with van der Waals surface area (Å²) in [5.41, 5.74) is 3.81. The molecule has 1 saturated carbocycles. The molecule has 74 valence electrons. The second-order valence-corrected chi connectivity index (χ2v) is 5.35. The third-order valence-corrected chi connectivity index (χ3v) is 3.21. The fourth-order valence-electron chi connectivity index (χ4n) is 3.12. The van der Waals surface area contributed by atoms with E-state index in [0.717, 1.165) is 0 Å². The van der Waals surface area contributed by atoms with Crippen molar-refractivity contribution in [3.63, 3.8) is 0 Å². The molecule has 0 heterocycles. The van der Waals surface area contributed by atoms with Gasteiger partial charge in [-0.15, -0.1) is 0 Å². The summed E-state index contributed by atoms with van der Waals surface area (Å²) in [4.78, 5) is 0. The minimum atomic E-state index is 0.361. The molecule has 1 aliphatic carbocycles. The molecular weight excluding hydrogens is 156 g/mol. The maximum Gasteiger partial charge on any atom is -0.00957 e. The quantitative estimate of drug-likeness (QED) is 0.518. The molecule has 0 aromatic carbocycles. The van der Waals surface area contributed by atoms with E-state index in [-0.39, 0.29) is 0 Å². The van der Waals surface area contributed by atoms with Gasteiger partial charge in [0.1, 0.15) is 0 Å². The highest BCUT2D eigenvalue weighted by atomic mass is 14.5. The summed E-state index contributed by atoms with van der Waals surface area (Å²) in [7, 11) is 0. The van der Waals surface area contributed by atoms with Gasteiger partial charge in [0, 0.05) is 0 Å². The smallest absolute Gasteiger partial charge is 0.00957 e. The minimum absolute atomic E-state index is 0.361. The maximum atomic E-state index is 2.35. The molecule has 13 heavy (non-hydrogen) atoms. The maximum absolute atomic E-state index is 2.35. The fourth-order valence-corrected chi connectivity index (χ4v) is 3.12. The number of hydrogen-bond acceptors (Lipinski definition) is 0. The van der Waals surface area contributed by atoms with E-state index < -0.39 is 0 Å². The zero-order valence-electron chi connectivity index (χ0n) is 9.86. The van der Waals surface area contributed by atoms with Crippen molar-refractivity contribution in [2.24, 2.45) is 10.8 Å². The van der Waals surface area contributed by atoms with Gasteiger partial charge in [0.05, 0.1) is 0 Å². The van der Waals surface area contributed by atoms with Crippen molar-refractivity contribution in [2.75, 3.05) is 0 Å². The van der Waals surface area contributed by atoms with Gasteiger partial charge in [0.15, 0.2) is 0 Å². The molecule has 0 aromatic heterocycles. The lowest BCUT2D eigenvalue weighted by molar-refractivity contribution is 0.338. The first-order chi connectivity index (χ1) is 5.85. The molecule has 0 bridgehead atoms. The molecule has 0 saturated heterocycles. The standard InChI is InChI=1S/C13H22/c1-7-10-11(8-2)13(5,6)9-12(10,3)4/h7-8H,9H2,1-6H3/b10-7+,11-8+. The molecule has 0 atom stereocenters. The molecule has 0 heteroatoms. The summed E-state index contributed by atoms with van der Waals surface area (Å²) < 4.78 is 0. The Morgan fingerprint density at radius 1 is 0.846 bits per heavy atom. The van der Waals surface area contributed by atoms with Crippen molar-refractivity contribution in [1.82, 2.24) is 0 Å². The van der Waals surface area contributed by atoms with E-state index in [1.165, 1.54) is 6.42 Å². The fraction of sp³-hybridized carbons (Fsp3) is 0.692. The number of rotatable bonds is 0. The Balaban J connectivity index is 3.23. The van der Waals surface area contributed by atoms with Crippen LogP contribution in [0.5, 0.6) is 0 Å². The molecule has 0 unspecified atom stereocenters. The lowest BCUT2D eigenvalue weighted by Gasteiger charge is -2.21. The SMILES string of the molecule is C/C=C1\C(=C/C)C(C)(C)CC1(C)C. The molecular formula is C13H22. The second kappa shape index (κ2) is 3.01. The molecule has 0 N–H and O–H groups in total. The lowest BCUT2D eigenvalue weighted by Crippen LogP contribution is -2.11. The zero-order valence-corrected chi connectivity index (χ0v) is 9.86. The van der Waals surface area contributed by atoms with Crippen molar-refractivity contribution in [1.29, 1.82) is 0 Å². The summed E-state index contributed by atoms with van der Waals surface area (Å²) in [6.07, 6.45) is 5.83. The molecule has 0 spiro atoms. The minimum Gasteiger partial charge on any atom is -0.0836 e. The predicted octanol–water partition coefficient (Wildman–Crippen LogP) is 4.34. The van der Waals surface area contributed by atoms with E-state index >= 15 is 0 Å². The van der Waals surface area contributed by atoms with Gasteiger partial charge in [-0.25, -0.2) is 0 Å². The molecule has 0 nitrogen and oxygen atoms in total. The van der Waals surface area contributed by atoms with Crippen LogP contribution >= 0.6 is 0 Å².